The van der Waals surface area contributed by atoms with Gasteiger partial charge < -0.3 is 10.1 Å². The standard InChI is InChI=1S/C17H15Cl2N3O3/c1-20-16(23)17(24)22-21-9-11-5-7-12(8-6-11)25-10-13-14(18)3-2-4-15(13)19/h2-9H,10H2,1H3,(H,20,23)(H,22,24)/b21-9-. The number of halogens is 2. The maximum atomic E-state index is 11.2. The number of carbonyl (C=O) groups is 2. The van der Waals surface area contributed by atoms with Crippen molar-refractivity contribution in [3.8, 4) is 5.75 Å². The van der Waals surface area contributed by atoms with E-state index in [0.717, 1.165) is 5.56 Å². The van der Waals surface area contributed by atoms with Crippen LogP contribution in [0.15, 0.2) is 47.6 Å². The van der Waals surface area contributed by atoms with Gasteiger partial charge >= 0.3 is 11.8 Å². The highest BCUT2D eigenvalue weighted by Gasteiger charge is 2.09. The van der Waals surface area contributed by atoms with E-state index in [4.69, 9.17) is 27.9 Å². The number of benzene rings is 2. The average molecular weight is 380 g/mol. The van der Waals surface area contributed by atoms with Crippen molar-refractivity contribution in [3.05, 3.63) is 63.6 Å². The SMILES string of the molecule is CNC(=O)C(=O)N/N=C\c1ccc(OCc2c(Cl)cccc2Cl)cc1. The molecule has 130 valence electrons. The zero-order chi connectivity index (χ0) is 18.2. The monoisotopic (exact) mass is 379 g/mol. The molecule has 0 spiro atoms. The summed E-state index contributed by atoms with van der Waals surface area (Å²) in [5.41, 5.74) is 3.55. The molecule has 0 unspecified atom stereocenters. The lowest BCUT2D eigenvalue weighted by Crippen LogP contribution is -2.35. The van der Waals surface area contributed by atoms with E-state index in [1.165, 1.54) is 13.3 Å². The van der Waals surface area contributed by atoms with E-state index in [0.29, 0.717) is 21.4 Å². The molecular formula is C17H15Cl2N3O3. The summed E-state index contributed by atoms with van der Waals surface area (Å²) < 4.78 is 5.66. The molecule has 2 amide bonds. The summed E-state index contributed by atoms with van der Waals surface area (Å²) >= 11 is 12.2. The predicted octanol–water partition coefficient (Wildman–Crippen LogP) is 2.77. The van der Waals surface area contributed by atoms with Gasteiger partial charge in [-0.15, -0.1) is 0 Å². The first kappa shape index (κ1) is 18.8. The van der Waals surface area contributed by atoms with Gasteiger partial charge in [0, 0.05) is 22.7 Å². The summed E-state index contributed by atoms with van der Waals surface area (Å²) in [6.07, 6.45) is 1.41. The van der Waals surface area contributed by atoms with Gasteiger partial charge in [0.15, 0.2) is 0 Å². The summed E-state index contributed by atoms with van der Waals surface area (Å²) in [4.78, 5) is 22.2. The van der Waals surface area contributed by atoms with Crippen molar-refractivity contribution in [2.75, 3.05) is 7.05 Å². The van der Waals surface area contributed by atoms with Crippen molar-refractivity contribution in [2.24, 2.45) is 5.10 Å². The summed E-state index contributed by atoms with van der Waals surface area (Å²) in [7, 11) is 1.36. The fraction of sp³-hybridized carbons (Fsp3) is 0.118. The van der Waals surface area contributed by atoms with Gasteiger partial charge in [0.05, 0.1) is 6.21 Å². The lowest BCUT2D eigenvalue weighted by atomic mass is 10.2. The Kier molecular flexibility index (Phi) is 6.80. The normalized spacial score (nSPS) is 10.5. The van der Waals surface area contributed by atoms with E-state index in [2.05, 4.69) is 15.8 Å². The molecule has 25 heavy (non-hydrogen) atoms. The number of likely N-dealkylation sites (N-methyl/N-ethyl adjacent to an activating group) is 1. The largest absolute Gasteiger partial charge is 0.489 e. The van der Waals surface area contributed by atoms with Crippen LogP contribution in [-0.4, -0.2) is 25.1 Å². The Bertz CT molecular complexity index is 772. The maximum Gasteiger partial charge on any atom is 0.329 e. The number of rotatable bonds is 5. The van der Waals surface area contributed by atoms with E-state index in [9.17, 15) is 9.59 Å². The molecule has 0 aliphatic heterocycles. The number of amides is 2. The third kappa shape index (κ3) is 5.48. The lowest BCUT2D eigenvalue weighted by molar-refractivity contribution is -0.138. The Labute approximate surface area is 154 Å². The van der Waals surface area contributed by atoms with Crippen molar-refractivity contribution in [3.63, 3.8) is 0 Å². The molecule has 0 aromatic heterocycles. The van der Waals surface area contributed by atoms with Crippen LogP contribution in [0.4, 0.5) is 0 Å². The molecule has 2 aromatic rings. The molecule has 2 N–H and O–H groups in total. The molecule has 2 rings (SSSR count). The molecule has 0 heterocycles. The topological polar surface area (TPSA) is 79.8 Å². The summed E-state index contributed by atoms with van der Waals surface area (Å²) in [5.74, 6) is -0.975. The fourth-order valence-electron chi connectivity index (χ4n) is 1.81. The maximum absolute atomic E-state index is 11.2. The van der Waals surface area contributed by atoms with Gasteiger partial charge in [-0.25, -0.2) is 5.43 Å². The van der Waals surface area contributed by atoms with Gasteiger partial charge in [0.1, 0.15) is 12.4 Å². The van der Waals surface area contributed by atoms with Crippen molar-refractivity contribution in [1.82, 2.24) is 10.7 Å². The second-order valence-electron chi connectivity index (χ2n) is 4.84. The first-order valence-corrected chi connectivity index (χ1v) is 7.97. The summed E-state index contributed by atoms with van der Waals surface area (Å²) in [5, 5.41) is 6.98. The minimum atomic E-state index is -0.838. The molecule has 0 fully saturated rings. The molecule has 0 aliphatic rings. The minimum absolute atomic E-state index is 0.244. The second kappa shape index (κ2) is 9.05. The summed E-state index contributed by atoms with van der Waals surface area (Å²) in [6, 6.07) is 12.3. The first-order chi connectivity index (χ1) is 12.0. The predicted molar refractivity (Wildman–Crippen MR) is 97.0 cm³/mol. The number of nitrogens with one attached hydrogen (secondary N) is 2. The molecular weight excluding hydrogens is 365 g/mol. The lowest BCUT2D eigenvalue weighted by Gasteiger charge is -2.09. The number of hydrogen-bond donors (Lipinski definition) is 2. The second-order valence-corrected chi connectivity index (χ2v) is 5.65. The molecule has 8 heteroatoms. The number of ether oxygens (including phenoxy) is 1. The third-order valence-corrected chi connectivity index (χ3v) is 3.85. The van der Waals surface area contributed by atoms with Gasteiger partial charge in [-0.1, -0.05) is 29.3 Å². The van der Waals surface area contributed by atoms with Gasteiger partial charge in [-0.05, 0) is 42.0 Å². The van der Waals surface area contributed by atoms with Gasteiger partial charge in [-0.3, -0.25) is 9.59 Å². The van der Waals surface area contributed by atoms with Gasteiger partial charge in [0.25, 0.3) is 0 Å². The molecule has 6 nitrogen and oxygen atoms in total. The van der Waals surface area contributed by atoms with Crippen LogP contribution in [0.2, 0.25) is 10.0 Å². The van der Waals surface area contributed by atoms with E-state index in [1.54, 1.807) is 42.5 Å². The Morgan fingerprint density at radius 3 is 2.32 bits per heavy atom. The van der Waals surface area contributed by atoms with Crippen LogP contribution in [0.1, 0.15) is 11.1 Å². The number of hydrogen-bond acceptors (Lipinski definition) is 4. The van der Waals surface area contributed by atoms with Crippen LogP contribution in [-0.2, 0) is 16.2 Å². The quantitative estimate of drug-likeness (QED) is 0.476. The molecule has 0 bridgehead atoms. The number of hydrazone groups is 1. The highest BCUT2D eigenvalue weighted by Crippen LogP contribution is 2.25. The van der Waals surface area contributed by atoms with Crippen molar-refractivity contribution in [1.29, 1.82) is 0 Å². The molecule has 0 atom stereocenters. The number of nitrogens with zero attached hydrogens (tertiary/aromatic N) is 1. The first-order valence-electron chi connectivity index (χ1n) is 7.22. The highest BCUT2D eigenvalue weighted by atomic mass is 35.5. The highest BCUT2D eigenvalue weighted by molar-refractivity contribution is 6.36. The Morgan fingerprint density at radius 1 is 1.08 bits per heavy atom. The van der Waals surface area contributed by atoms with Crippen LogP contribution in [0.3, 0.4) is 0 Å². The molecule has 0 radical (unpaired) electrons. The van der Waals surface area contributed by atoms with Crippen LogP contribution in [0.25, 0.3) is 0 Å². The van der Waals surface area contributed by atoms with E-state index >= 15 is 0 Å². The van der Waals surface area contributed by atoms with Crippen LogP contribution in [0, 0.1) is 0 Å². The fourth-order valence-corrected chi connectivity index (χ4v) is 2.31. The van der Waals surface area contributed by atoms with Gasteiger partial charge in [-0.2, -0.15) is 5.10 Å². The summed E-state index contributed by atoms with van der Waals surface area (Å²) in [6.45, 7) is 0.244. The van der Waals surface area contributed by atoms with Crippen molar-refractivity contribution >= 4 is 41.2 Å². The van der Waals surface area contributed by atoms with Crippen LogP contribution >= 0.6 is 23.2 Å². The van der Waals surface area contributed by atoms with E-state index in [-0.39, 0.29) is 6.61 Å². The third-order valence-electron chi connectivity index (χ3n) is 3.14. The zero-order valence-electron chi connectivity index (χ0n) is 13.3. The zero-order valence-corrected chi connectivity index (χ0v) is 14.8. The Balaban J connectivity index is 1.92. The molecule has 2 aromatic carbocycles. The molecule has 0 saturated heterocycles. The van der Waals surface area contributed by atoms with Gasteiger partial charge in [0.2, 0.25) is 0 Å². The van der Waals surface area contributed by atoms with Crippen LogP contribution < -0.4 is 15.5 Å². The van der Waals surface area contributed by atoms with Crippen LogP contribution in [0.5, 0.6) is 5.75 Å². The van der Waals surface area contributed by atoms with Crippen molar-refractivity contribution < 1.29 is 14.3 Å². The van der Waals surface area contributed by atoms with E-state index < -0.39 is 11.8 Å². The molecule has 0 aliphatic carbocycles. The Morgan fingerprint density at radius 2 is 1.72 bits per heavy atom. The average Bonchev–Trinajstić information content (AvgIpc) is 2.61. The minimum Gasteiger partial charge on any atom is -0.489 e. The van der Waals surface area contributed by atoms with E-state index in [1.807, 2.05) is 0 Å². The smallest absolute Gasteiger partial charge is 0.329 e. The molecule has 0 saturated carbocycles. The number of carbonyl (C=O) groups excluding carboxylic acids is 2. The van der Waals surface area contributed by atoms with Crippen molar-refractivity contribution in [2.45, 2.75) is 6.61 Å². The Hall–Kier alpha value is -2.57.